The van der Waals surface area contributed by atoms with Crippen molar-refractivity contribution in [2.45, 2.75) is 31.2 Å². The van der Waals surface area contributed by atoms with Gasteiger partial charge in [-0.2, -0.15) is 4.72 Å². The Balaban J connectivity index is 1.79. The van der Waals surface area contributed by atoms with Gasteiger partial charge >= 0.3 is 0 Å². The van der Waals surface area contributed by atoms with E-state index in [4.69, 9.17) is 0 Å². The van der Waals surface area contributed by atoms with Crippen LogP contribution in [0.1, 0.15) is 16.7 Å². The van der Waals surface area contributed by atoms with Crippen molar-refractivity contribution in [3.8, 4) is 0 Å². The molecule has 0 aliphatic heterocycles. The van der Waals surface area contributed by atoms with Crippen molar-refractivity contribution < 1.29 is 22.4 Å². The number of carbonyl (C=O) groups is 2. The molecule has 1 unspecified atom stereocenters. The van der Waals surface area contributed by atoms with Gasteiger partial charge in [-0.05, 0) is 55.2 Å². The number of benzene rings is 3. The molecule has 1 atom stereocenters. The van der Waals surface area contributed by atoms with Crippen LogP contribution in [-0.4, -0.2) is 44.8 Å². The molecule has 0 spiro atoms. The van der Waals surface area contributed by atoms with Gasteiger partial charge in [-0.25, -0.2) is 12.8 Å². The van der Waals surface area contributed by atoms with Crippen LogP contribution in [0.2, 0.25) is 0 Å². The Hall–Kier alpha value is -3.56. The molecule has 0 radical (unpaired) electrons. The maximum atomic E-state index is 14.2. The van der Waals surface area contributed by atoms with Gasteiger partial charge in [-0.1, -0.05) is 54.6 Å². The molecule has 2 N–H and O–H groups in total. The summed E-state index contributed by atoms with van der Waals surface area (Å²) in [5, 5.41) is 2.79. The van der Waals surface area contributed by atoms with E-state index < -0.39 is 38.6 Å². The van der Waals surface area contributed by atoms with Gasteiger partial charge in [0, 0.05) is 12.7 Å². The van der Waals surface area contributed by atoms with Gasteiger partial charge in [0.25, 0.3) is 0 Å². The molecule has 0 aliphatic rings. The summed E-state index contributed by atoms with van der Waals surface area (Å²) < 4.78 is 42.3. The number of anilines is 1. The SMILES string of the molecule is Cc1cccc(NC(=O)CN(C)C(=O)C(Cc2ccccc2)NS(=O)(=O)c2ccccc2F)c1C. The van der Waals surface area contributed by atoms with E-state index >= 15 is 0 Å². The summed E-state index contributed by atoms with van der Waals surface area (Å²) in [6, 6.07) is 18.0. The van der Waals surface area contributed by atoms with Crippen molar-refractivity contribution in [1.29, 1.82) is 0 Å². The second-order valence-corrected chi connectivity index (χ2v) is 9.97. The predicted molar refractivity (Wildman–Crippen MR) is 133 cm³/mol. The first-order valence-corrected chi connectivity index (χ1v) is 12.5. The Morgan fingerprint density at radius 2 is 1.60 bits per heavy atom. The number of rotatable bonds is 9. The highest BCUT2D eigenvalue weighted by molar-refractivity contribution is 7.89. The molecular weight excluding hydrogens is 469 g/mol. The zero-order chi connectivity index (χ0) is 25.6. The van der Waals surface area contributed by atoms with E-state index in [-0.39, 0.29) is 13.0 Å². The molecule has 0 bridgehead atoms. The number of hydrogen-bond acceptors (Lipinski definition) is 4. The molecule has 0 fully saturated rings. The summed E-state index contributed by atoms with van der Waals surface area (Å²) in [5.41, 5.74) is 3.26. The molecule has 0 heterocycles. The smallest absolute Gasteiger partial charge is 0.244 e. The highest BCUT2D eigenvalue weighted by Crippen LogP contribution is 2.18. The quantitative estimate of drug-likeness (QED) is 0.474. The standard InChI is InChI=1S/C26H28FN3O4S/c1-18-10-9-14-22(19(18)2)28-25(31)17-30(3)26(32)23(16-20-11-5-4-6-12-20)29-35(33,34)24-15-8-7-13-21(24)27/h4-15,23,29H,16-17H2,1-3H3,(H,28,31). The van der Waals surface area contributed by atoms with Gasteiger partial charge in [-0.15, -0.1) is 0 Å². The largest absolute Gasteiger partial charge is 0.335 e. The van der Waals surface area contributed by atoms with Gasteiger partial charge in [-0.3, -0.25) is 9.59 Å². The van der Waals surface area contributed by atoms with Crippen LogP contribution in [0.5, 0.6) is 0 Å². The molecule has 0 aromatic heterocycles. The number of amides is 2. The van der Waals surface area contributed by atoms with Crippen LogP contribution in [0, 0.1) is 19.7 Å². The molecule has 184 valence electrons. The summed E-state index contributed by atoms with van der Waals surface area (Å²) in [4.78, 5) is 26.5. The number of hydrogen-bond donors (Lipinski definition) is 2. The average Bonchev–Trinajstić information content (AvgIpc) is 2.81. The van der Waals surface area contributed by atoms with Crippen molar-refractivity contribution in [3.63, 3.8) is 0 Å². The predicted octanol–water partition coefficient (Wildman–Crippen LogP) is 3.43. The summed E-state index contributed by atoms with van der Waals surface area (Å²) in [5.74, 6) is -1.97. The topological polar surface area (TPSA) is 95.6 Å². The van der Waals surface area contributed by atoms with Crippen molar-refractivity contribution in [1.82, 2.24) is 9.62 Å². The molecular formula is C26H28FN3O4S. The summed E-state index contributed by atoms with van der Waals surface area (Å²) in [6.45, 7) is 3.52. The normalized spacial score (nSPS) is 12.1. The van der Waals surface area contributed by atoms with E-state index in [1.807, 2.05) is 26.0 Å². The van der Waals surface area contributed by atoms with Crippen LogP contribution in [0.3, 0.4) is 0 Å². The maximum absolute atomic E-state index is 14.2. The van der Waals surface area contributed by atoms with E-state index in [0.29, 0.717) is 11.3 Å². The lowest BCUT2D eigenvalue weighted by Gasteiger charge is -2.24. The van der Waals surface area contributed by atoms with Gasteiger partial charge in [0.05, 0.1) is 6.54 Å². The maximum Gasteiger partial charge on any atom is 0.244 e. The van der Waals surface area contributed by atoms with E-state index in [1.165, 1.54) is 19.2 Å². The molecule has 3 rings (SSSR count). The Morgan fingerprint density at radius 3 is 2.29 bits per heavy atom. The molecule has 3 aromatic rings. The molecule has 9 heteroatoms. The Bertz CT molecular complexity index is 1310. The van der Waals surface area contributed by atoms with Crippen molar-refractivity contribution in [2.75, 3.05) is 18.9 Å². The zero-order valence-corrected chi connectivity index (χ0v) is 20.6. The minimum atomic E-state index is -4.35. The number of nitrogens with one attached hydrogen (secondary N) is 2. The van der Waals surface area contributed by atoms with E-state index in [9.17, 15) is 22.4 Å². The van der Waals surface area contributed by atoms with E-state index in [1.54, 1.807) is 36.4 Å². The molecule has 2 amide bonds. The number of nitrogens with zero attached hydrogens (tertiary/aromatic N) is 1. The van der Waals surface area contributed by atoms with E-state index in [0.717, 1.165) is 28.2 Å². The number of carbonyl (C=O) groups excluding carboxylic acids is 2. The fourth-order valence-corrected chi connectivity index (χ4v) is 4.85. The molecule has 0 aliphatic carbocycles. The highest BCUT2D eigenvalue weighted by Gasteiger charge is 2.30. The third kappa shape index (κ3) is 6.74. The van der Waals surface area contributed by atoms with Crippen LogP contribution in [0.15, 0.2) is 77.7 Å². The Morgan fingerprint density at radius 1 is 0.943 bits per heavy atom. The van der Waals surface area contributed by atoms with E-state index in [2.05, 4.69) is 10.0 Å². The summed E-state index contributed by atoms with van der Waals surface area (Å²) >= 11 is 0. The van der Waals surface area contributed by atoms with Crippen LogP contribution >= 0.6 is 0 Å². The lowest BCUT2D eigenvalue weighted by molar-refractivity contribution is -0.134. The number of sulfonamides is 1. The summed E-state index contributed by atoms with van der Waals surface area (Å²) in [7, 11) is -2.93. The van der Waals surface area contributed by atoms with Crippen molar-refractivity contribution in [2.24, 2.45) is 0 Å². The number of likely N-dealkylation sites (N-methyl/N-ethyl adjacent to an activating group) is 1. The number of aryl methyl sites for hydroxylation is 1. The zero-order valence-electron chi connectivity index (χ0n) is 19.8. The fraction of sp³-hybridized carbons (Fsp3) is 0.231. The second-order valence-electron chi connectivity index (χ2n) is 8.28. The van der Waals surface area contributed by atoms with Gasteiger partial charge in [0.1, 0.15) is 16.8 Å². The van der Waals surface area contributed by atoms with Crippen LogP contribution in [0.25, 0.3) is 0 Å². The van der Waals surface area contributed by atoms with Crippen molar-refractivity contribution >= 4 is 27.5 Å². The number of halogens is 1. The summed E-state index contributed by atoms with van der Waals surface area (Å²) in [6.07, 6.45) is 0.0241. The Labute approximate surface area is 205 Å². The first kappa shape index (κ1) is 26.1. The minimum absolute atomic E-state index is 0.0241. The first-order valence-electron chi connectivity index (χ1n) is 11.0. The highest BCUT2D eigenvalue weighted by atomic mass is 32.2. The van der Waals surface area contributed by atoms with Crippen LogP contribution in [-0.2, 0) is 26.0 Å². The van der Waals surface area contributed by atoms with Crippen LogP contribution < -0.4 is 10.0 Å². The molecule has 0 saturated heterocycles. The lowest BCUT2D eigenvalue weighted by atomic mass is 10.1. The first-order chi connectivity index (χ1) is 16.6. The molecule has 7 nitrogen and oxygen atoms in total. The van der Waals surface area contributed by atoms with Crippen molar-refractivity contribution in [3.05, 3.63) is 95.3 Å². The van der Waals surface area contributed by atoms with Crippen LogP contribution in [0.4, 0.5) is 10.1 Å². The van der Waals surface area contributed by atoms with Gasteiger partial charge in [0.2, 0.25) is 21.8 Å². The Kier molecular flexibility index (Phi) is 8.37. The average molecular weight is 498 g/mol. The molecule has 3 aromatic carbocycles. The van der Waals surface area contributed by atoms with Gasteiger partial charge < -0.3 is 10.2 Å². The fourth-order valence-electron chi connectivity index (χ4n) is 3.58. The van der Waals surface area contributed by atoms with Gasteiger partial charge in [0.15, 0.2) is 0 Å². The second kappa shape index (κ2) is 11.2. The molecule has 0 saturated carbocycles. The lowest BCUT2D eigenvalue weighted by Crippen LogP contribution is -2.50. The third-order valence-electron chi connectivity index (χ3n) is 5.64. The minimum Gasteiger partial charge on any atom is -0.335 e. The third-order valence-corrected chi connectivity index (χ3v) is 7.14. The molecule has 35 heavy (non-hydrogen) atoms. The monoisotopic (exact) mass is 497 g/mol.